The molecular formula is C16H14N2O4S. The summed E-state index contributed by atoms with van der Waals surface area (Å²) in [6.07, 6.45) is 3.63. The normalized spacial score (nSPS) is 13.3. The lowest BCUT2D eigenvalue weighted by atomic mass is 10.1. The van der Waals surface area contributed by atoms with Crippen molar-refractivity contribution in [3.63, 3.8) is 0 Å². The zero-order chi connectivity index (χ0) is 15.8. The van der Waals surface area contributed by atoms with Crippen LogP contribution in [-0.2, 0) is 4.74 Å². The third kappa shape index (κ3) is 2.53. The van der Waals surface area contributed by atoms with Crippen LogP contribution in [0.5, 0.6) is 11.5 Å². The summed E-state index contributed by atoms with van der Waals surface area (Å²) in [5.74, 6) is 1.17. The summed E-state index contributed by atoms with van der Waals surface area (Å²) in [5.41, 5.74) is 1.77. The molecule has 0 radical (unpaired) electrons. The fourth-order valence-electron chi connectivity index (χ4n) is 2.43. The molecule has 0 atom stereocenters. The summed E-state index contributed by atoms with van der Waals surface area (Å²) in [6.45, 7) is 3.28. The predicted molar refractivity (Wildman–Crippen MR) is 85.5 cm³/mol. The molecule has 1 aliphatic heterocycles. The lowest BCUT2D eigenvalue weighted by Crippen LogP contribution is -2.15. The van der Waals surface area contributed by atoms with Crippen molar-refractivity contribution in [2.24, 2.45) is 0 Å². The molecule has 6 nitrogen and oxygen atoms in total. The minimum absolute atomic E-state index is 0.316. The van der Waals surface area contributed by atoms with E-state index in [1.54, 1.807) is 13.1 Å². The highest BCUT2D eigenvalue weighted by molar-refractivity contribution is 7.18. The van der Waals surface area contributed by atoms with Gasteiger partial charge in [-0.25, -0.2) is 9.78 Å². The Morgan fingerprint density at radius 1 is 1.30 bits per heavy atom. The second-order valence-corrected chi connectivity index (χ2v) is 6.00. The first-order chi connectivity index (χ1) is 11.2. The van der Waals surface area contributed by atoms with Gasteiger partial charge in [-0.05, 0) is 25.1 Å². The molecular weight excluding hydrogens is 316 g/mol. The van der Waals surface area contributed by atoms with Crippen molar-refractivity contribution in [1.82, 2.24) is 9.38 Å². The molecule has 4 rings (SSSR count). The van der Waals surface area contributed by atoms with Gasteiger partial charge in [0.05, 0.1) is 12.3 Å². The van der Waals surface area contributed by atoms with E-state index >= 15 is 0 Å². The number of fused-ring (bicyclic) bond motifs is 2. The summed E-state index contributed by atoms with van der Waals surface area (Å²) >= 11 is 1.31. The largest absolute Gasteiger partial charge is 0.486 e. The number of hydrogen-bond acceptors (Lipinski definition) is 6. The van der Waals surface area contributed by atoms with E-state index in [0.717, 1.165) is 27.7 Å². The molecule has 0 unspecified atom stereocenters. The topological polar surface area (TPSA) is 62.1 Å². The quantitative estimate of drug-likeness (QED) is 0.691. The van der Waals surface area contributed by atoms with Crippen LogP contribution in [0.1, 0.15) is 16.6 Å². The monoisotopic (exact) mass is 330 g/mol. The van der Waals surface area contributed by atoms with Crippen LogP contribution in [0.3, 0.4) is 0 Å². The van der Waals surface area contributed by atoms with Gasteiger partial charge in [-0.2, -0.15) is 0 Å². The highest BCUT2D eigenvalue weighted by Crippen LogP contribution is 2.34. The number of imidazole rings is 1. The average molecular weight is 330 g/mol. The number of hydrogen-bond donors (Lipinski definition) is 0. The fraction of sp³-hybridized carbons (Fsp3) is 0.250. The number of aromatic nitrogens is 2. The molecule has 7 heteroatoms. The first kappa shape index (κ1) is 14.1. The zero-order valence-corrected chi connectivity index (χ0v) is 13.3. The van der Waals surface area contributed by atoms with Crippen molar-refractivity contribution in [3.8, 4) is 22.8 Å². The minimum Gasteiger partial charge on any atom is -0.486 e. The molecule has 0 spiro atoms. The third-order valence-corrected chi connectivity index (χ3v) is 4.45. The Kier molecular flexibility index (Phi) is 3.42. The maximum Gasteiger partial charge on any atom is 0.349 e. The van der Waals surface area contributed by atoms with Gasteiger partial charge in [0.1, 0.15) is 18.1 Å². The summed E-state index contributed by atoms with van der Waals surface area (Å²) in [7, 11) is 0. The summed E-state index contributed by atoms with van der Waals surface area (Å²) in [6, 6.07) is 5.76. The SMILES string of the molecule is CCOC(=O)c1cn2cc(-c3ccc4c(c3)OCCO4)nc2s1. The number of nitrogens with zero attached hydrogens (tertiary/aromatic N) is 2. The van der Waals surface area contributed by atoms with Gasteiger partial charge in [0.15, 0.2) is 16.5 Å². The molecule has 0 amide bonds. The number of ether oxygens (including phenoxy) is 3. The van der Waals surface area contributed by atoms with E-state index in [1.165, 1.54) is 11.3 Å². The van der Waals surface area contributed by atoms with Crippen molar-refractivity contribution in [1.29, 1.82) is 0 Å². The maximum atomic E-state index is 11.7. The van der Waals surface area contributed by atoms with E-state index in [9.17, 15) is 4.79 Å². The van der Waals surface area contributed by atoms with Crippen molar-refractivity contribution < 1.29 is 19.0 Å². The number of thiazole rings is 1. The lowest BCUT2D eigenvalue weighted by molar-refractivity contribution is 0.0531. The molecule has 3 aromatic rings. The summed E-state index contributed by atoms with van der Waals surface area (Å²) < 4.78 is 18.0. The smallest absolute Gasteiger partial charge is 0.349 e. The molecule has 2 aromatic heterocycles. The third-order valence-electron chi connectivity index (χ3n) is 3.47. The Balaban J connectivity index is 1.67. The Morgan fingerprint density at radius 2 is 2.13 bits per heavy atom. The van der Waals surface area contributed by atoms with E-state index < -0.39 is 0 Å². The van der Waals surface area contributed by atoms with Crippen LogP contribution in [0.25, 0.3) is 16.2 Å². The summed E-state index contributed by atoms with van der Waals surface area (Å²) in [4.78, 5) is 17.6. The standard InChI is InChI=1S/C16H14N2O4S/c1-2-20-15(19)14-9-18-8-11(17-16(18)23-14)10-3-4-12-13(7-10)22-6-5-21-12/h3-4,7-9H,2,5-6H2,1H3. The number of rotatable bonds is 3. The molecule has 0 bridgehead atoms. The lowest BCUT2D eigenvalue weighted by Gasteiger charge is -2.18. The van der Waals surface area contributed by atoms with Crippen LogP contribution in [-0.4, -0.2) is 35.2 Å². The van der Waals surface area contributed by atoms with Crippen molar-refractivity contribution in [2.45, 2.75) is 6.92 Å². The van der Waals surface area contributed by atoms with Gasteiger partial charge < -0.3 is 14.2 Å². The number of carbonyl (C=O) groups excluding carboxylic acids is 1. The van der Waals surface area contributed by atoms with Crippen LogP contribution >= 0.6 is 11.3 Å². The number of benzene rings is 1. The van der Waals surface area contributed by atoms with E-state index in [2.05, 4.69) is 4.98 Å². The Bertz CT molecular complexity index is 852. The van der Waals surface area contributed by atoms with E-state index in [-0.39, 0.29) is 5.97 Å². The zero-order valence-electron chi connectivity index (χ0n) is 12.4. The molecule has 0 N–H and O–H groups in total. The van der Waals surface area contributed by atoms with Crippen LogP contribution in [0.2, 0.25) is 0 Å². The minimum atomic E-state index is -0.316. The Morgan fingerprint density at radius 3 is 2.91 bits per heavy atom. The molecule has 118 valence electrons. The van der Waals surface area contributed by atoms with Crippen LogP contribution in [0, 0.1) is 0 Å². The predicted octanol–water partition coefficient (Wildman–Crippen LogP) is 3.01. The Labute approximate surface area is 136 Å². The number of carbonyl (C=O) groups is 1. The molecule has 1 aromatic carbocycles. The van der Waals surface area contributed by atoms with Gasteiger partial charge in [-0.3, -0.25) is 4.40 Å². The molecule has 0 saturated carbocycles. The van der Waals surface area contributed by atoms with Gasteiger partial charge in [0.2, 0.25) is 0 Å². The number of esters is 1. The highest BCUT2D eigenvalue weighted by Gasteiger charge is 2.16. The van der Waals surface area contributed by atoms with Crippen molar-refractivity contribution in [3.05, 3.63) is 35.5 Å². The van der Waals surface area contributed by atoms with Gasteiger partial charge in [-0.1, -0.05) is 11.3 Å². The van der Waals surface area contributed by atoms with Gasteiger partial charge in [-0.15, -0.1) is 0 Å². The Hall–Kier alpha value is -2.54. The molecule has 3 heterocycles. The fourth-order valence-corrected chi connectivity index (χ4v) is 3.29. The van der Waals surface area contributed by atoms with Crippen LogP contribution in [0.4, 0.5) is 0 Å². The van der Waals surface area contributed by atoms with E-state index in [4.69, 9.17) is 14.2 Å². The molecule has 0 aliphatic carbocycles. The van der Waals surface area contributed by atoms with Gasteiger partial charge >= 0.3 is 5.97 Å². The molecule has 1 aliphatic rings. The van der Waals surface area contributed by atoms with Crippen molar-refractivity contribution in [2.75, 3.05) is 19.8 Å². The summed E-state index contributed by atoms with van der Waals surface area (Å²) in [5, 5.41) is 0. The highest BCUT2D eigenvalue weighted by atomic mass is 32.1. The van der Waals surface area contributed by atoms with Crippen molar-refractivity contribution >= 4 is 22.3 Å². The van der Waals surface area contributed by atoms with Gasteiger partial charge in [0.25, 0.3) is 0 Å². The second-order valence-electron chi connectivity index (χ2n) is 4.99. The van der Waals surface area contributed by atoms with E-state index in [0.29, 0.717) is 24.7 Å². The van der Waals surface area contributed by atoms with Crippen LogP contribution < -0.4 is 9.47 Å². The van der Waals surface area contributed by atoms with Gasteiger partial charge in [0, 0.05) is 18.0 Å². The second kappa shape index (κ2) is 5.58. The molecule has 0 saturated heterocycles. The van der Waals surface area contributed by atoms with E-state index in [1.807, 2.05) is 28.8 Å². The first-order valence-electron chi connectivity index (χ1n) is 7.30. The maximum absolute atomic E-state index is 11.7. The molecule has 0 fully saturated rings. The average Bonchev–Trinajstić information content (AvgIpc) is 3.13. The molecule has 23 heavy (non-hydrogen) atoms. The first-order valence-corrected chi connectivity index (χ1v) is 8.12. The van der Waals surface area contributed by atoms with Crippen LogP contribution in [0.15, 0.2) is 30.6 Å².